The monoisotopic (exact) mass is 286 g/mol. The van der Waals surface area contributed by atoms with Gasteiger partial charge in [-0.25, -0.2) is 9.18 Å². The Kier molecular flexibility index (Phi) is 3.90. The van der Waals surface area contributed by atoms with Crippen LogP contribution in [0.15, 0.2) is 18.2 Å². The van der Waals surface area contributed by atoms with Gasteiger partial charge in [0, 0.05) is 12.2 Å². The van der Waals surface area contributed by atoms with Crippen molar-refractivity contribution < 1.29 is 18.7 Å². The van der Waals surface area contributed by atoms with Crippen molar-refractivity contribution in [2.45, 2.75) is 13.0 Å². The molecule has 102 valence electrons. The third kappa shape index (κ3) is 2.78. The lowest BCUT2D eigenvalue weighted by atomic mass is 10.2. The van der Waals surface area contributed by atoms with Crippen LogP contribution in [0.5, 0.6) is 0 Å². The van der Waals surface area contributed by atoms with E-state index in [0.29, 0.717) is 12.2 Å². The number of carbonyl (C=O) groups excluding carboxylic acids is 2. The second-order valence-corrected chi connectivity index (χ2v) is 4.38. The molecule has 1 N–H and O–H groups in total. The van der Waals surface area contributed by atoms with E-state index in [1.165, 1.54) is 23.1 Å². The van der Waals surface area contributed by atoms with Gasteiger partial charge >= 0.3 is 6.09 Å². The van der Waals surface area contributed by atoms with Gasteiger partial charge in [0.05, 0.1) is 5.02 Å². The number of likely N-dealkylation sites (N-methyl/N-ethyl adjacent to an activating group) is 1. The first-order valence-electron chi connectivity index (χ1n) is 5.72. The molecule has 1 aromatic carbocycles. The molecular formula is C12H12ClFN2O3. The third-order valence-electron chi connectivity index (χ3n) is 2.77. The Hall–Kier alpha value is -1.82. The molecule has 2 rings (SSSR count). The third-order valence-corrected chi connectivity index (χ3v) is 3.06. The van der Waals surface area contributed by atoms with E-state index >= 15 is 0 Å². The molecule has 0 aliphatic carbocycles. The molecule has 0 unspecified atom stereocenters. The molecule has 7 heteroatoms. The SMILES string of the molecule is CCN(C(=O)[C@@H]1COC(=O)N1)c1ccc(F)c(Cl)c1. The van der Waals surface area contributed by atoms with E-state index in [1.54, 1.807) is 6.92 Å². The molecule has 1 fully saturated rings. The van der Waals surface area contributed by atoms with Crippen LogP contribution in [0.2, 0.25) is 5.02 Å². The van der Waals surface area contributed by atoms with Crippen LogP contribution in [0.25, 0.3) is 0 Å². The maximum Gasteiger partial charge on any atom is 0.407 e. The summed E-state index contributed by atoms with van der Waals surface area (Å²) in [7, 11) is 0. The Morgan fingerprint density at radius 3 is 2.89 bits per heavy atom. The van der Waals surface area contributed by atoms with Gasteiger partial charge in [-0.3, -0.25) is 4.79 Å². The molecule has 1 aliphatic heterocycles. The van der Waals surface area contributed by atoms with E-state index in [9.17, 15) is 14.0 Å². The molecular weight excluding hydrogens is 275 g/mol. The smallest absolute Gasteiger partial charge is 0.407 e. The van der Waals surface area contributed by atoms with Crippen molar-refractivity contribution in [2.24, 2.45) is 0 Å². The first kappa shape index (κ1) is 13.6. The van der Waals surface area contributed by atoms with Gasteiger partial charge in [0.15, 0.2) is 0 Å². The largest absolute Gasteiger partial charge is 0.447 e. The van der Waals surface area contributed by atoms with Gasteiger partial charge in [-0.05, 0) is 25.1 Å². The molecule has 0 radical (unpaired) electrons. The maximum atomic E-state index is 13.1. The number of nitrogens with one attached hydrogen (secondary N) is 1. The zero-order valence-corrected chi connectivity index (χ0v) is 10.9. The first-order valence-corrected chi connectivity index (χ1v) is 6.10. The van der Waals surface area contributed by atoms with Gasteiger partial charge in [0.1, 0.15) is 18.5 Å². The molecule has 1 saturated heterocycles. The highest BCUT2D eigenvalue weighted by Crippen LogP contribution is 2.23. The number of ether oxygens (including phenoxy) is 1. The van der Waals surface area contributed by atoms with Crippen molar-refractivity contribution in [2.75, 3.05) is 18.1 Å². The fraction of sp³-hybridized carbons (Fsp3) is 0.333. The average molecular weight is 287 g/mol. The van der Waals surface area contributed by atoms with Crippen molar-refractivity contribution in [3.63, 3.8) is 0 Å². The van der Waals surface area contributed by atoms with Gasteiger partial charge in [-0.2, -0.15) is 0 Å². The van der Waals surface area contributed by atoms with Crippen LogP contribution in [0.1, 0.15) is 6.92 Å². The number of hydrogen-bond donors (Lipinski definition) is 1. The number of hydrogen-bond acceptors (Lipinski definition) is 3. The summed E-state index contributed by atoms with van der Waals surface area (Å²) in [6, 6.07) is 3.30. The van der Waals surface area contributed by atoms with Gasteiger partial charge < -0.3 is 15.0 Å². The number of alkyl carbamates (subject to hydrolysis) is 1. The minimum atomic E-state index is -0.726. The Balaban J connectivity index is 2.21. The summed E-state index contributed by atoms with van der Waals surface area (Å²) < 4.78 is 17.8. The minimum Gasteiger partial charge on any atom is -0.447 e. The van der Waals surface area contributed by atoms with Crippen LogP contribution in [-0.2, 0) is 9.53 Å². The summed E-state index contributed by atoms with van der Waals surface area (Å²) in [4.78, 5) is 24.6. The second kappa shape index (κ2) is 5.44. The lowest BCUT2D eigenvalue weighted by molar-refractivity contribution is -0.120. The fourth-order valence-electron chi connectivity index (χ4n) is 1.82. The Morgan fingerprint density at radius 1 is 1.63 bits per heavy atom. The predicted octanol–water partition coefficient (Wildman–Crippen LogP) is 1.94. The van der Waals surface area contributed by atoms with Gasteiger partial charge in [0.25, 0.3) is 5.91 Å². The highest BCUT2D eigenvalue weighted by atomic mass is 35.5. The molecule has 2 amide bonds. The van der Waals surface area contributed by atoms with Crippen molar-refractivity contribution in [1.29, 1.82) is 0 Å². The zero-order valence-electron chi connectivity index (χ0n) is 10.2. The normalized spacial score (nSPS) is 17.8. The van der Waals surface area contributed by atoms with Crippen LogP contribution in [-0.4, -0.2) is 31.2 Å². The van der Waals surface area contributed by atoms with Gasteiger partial charge in [0.2, 0.25) is 0 Å². The maximum absolute atomic E-state index is 13.1. The van der Waals surface area contributed by atoms with Crippen LogP contribution in [0.4, 0.5) is 14.9 Å². The number of carbonyl (C=O) groups is 2. The number of rotatable bonds is 3. The minimum absolute atomic E-state index is 0.0108. The predicted molar refractivity (Wildman–Crippen MR) is 67.7 cm³/mol. The molecule has 0 saturated carbocycles. The average Bonchev–Trinajstić information content (AvgIpc) is 2.81. The van der Waals surface area contributed by atoms with E-state index in [0.717, 1.165) is 0 Å². The Labute approximate surface area is 114 Å². The summed E-state index contributed by atoms with van der Waals surface area (Å²) in [5, 5.41) is 2.34. The van der Waals surface area contributed by atoms with Gasteiger partial charge in [-0.15, -0.1) is 0 Å². The molecule has 1 aromatic rings. The number of halogens is 2. The van der Waals surface area contributed by atoms with Crippen molar-refractivity contribution in [3.8, 4) is 0 Å². The van der Waals surface area contributed by atoms with E-state index in [-0.39, 0.29) is 17.5 Å². The first-order chi connectivity index (χ1) is 9.02. The highest BCUT2D eigenvalue weighted by molar-refractivity contribution is 6.31. The van der Waals surface area contributed by atoms with Crippen LogP contribution < -0.4 is 10.2 Å². The van der Waals surface area contributed by atoms with E-state index < -0.39 is 18.0 Å². The Bertz CT molecular complexity index is 524. The summed E-state index contributed by atoms with van der Waals surface area (Å²) in [6.45, 7) is 2.13. The number of amides is 2. The molecule has 1 aliphatic rings. The molecule has 0 bridgehead atoms. The summed E-state index contributed by atoms with van der Waals surface area (Å²) >= 11 is 5.70. The highest BCUT2D eigenvalue weighted by Gasteiger charge is 2.32. The Morgan fingerprint density at radius 2 is 2.37 bits per heavy atom. The van der Waals surface area contributed by atoms with E-state index in [4.69, 9.17) is 11.6 Å². The summed E-state index contributed by atoms with van der Waals surface area (Å²) in [5.41, 5.74) is 0.472. The molecule has 5 nitrogen and oxygen atoms in total. The quantitative estimate of drug-likeness (QED) is 0.924. The van der Waals surface area contributed by atoms with Crippen LogP contribution in [0, 0.1) is 5.82 Å². The number of benzene rings is 1. The molecule has 0 aromatic heterocycles. The van der Waals surface area contributed by atoms with E-state index in [1.807, 2.05) is 0 Å². The fourth-order valence-corrected chi connectivity index (χ4v) is 2.00. The van der Waals surface area contributed by atoms with Crippen LogP contribution in [0.3, 0.4) is 0 Å². The molecule has 19 heavy (non-hydrogen) atoms. The molecule has 0 spiro atoms. The lowest BCUT2D eigenvalue weighted by Gasteiger charge is -2.23. The van der Waals surface area contributed by atoms with Crippen molar-refractivity contribution >= 4 is 29.3 Å². The van der Waals surface area contributed by atoms with Crippen LogP contribution >= 0.6 is 11.6 Å². The number of nitrogens with zero attached hydrogens (tertiary/aromatic N) is 1. The topological polar surface area (TPSA) is 58.6 Å². The van der Waals surface area contributed by atoms with Crippen molar-refractivity contribution in [3.05, 3.63) is 29.0 Å². The standard InChI is InChI=1S/C12H12ClFN2O3/c1-2-16(7-3-4-9(14)8(13)5-7)11(17)10-6-19-12(18)15-10/h3-5,10H,2,6H2,1H3,(H,15,18)/t10-/m0/s1. The van der Waals surface area contributed by atoms with Gasteiger partial charge in [-0.1, -0.05) is 11.6 Å². The zero-order chi connectivity index (χ0) is 14.0. The van der Waals surface area contributed by atoms with Crippen molar-refractivity contribution in [1.82, 2.24) is 5.32 Å². The lowest BCUT2D eigenvalue weighted by Crippen LogP contribution is -2.45. The molecule has 1 heterocycles. The summed E-state index contributed by atoms with van der Waals surface area (Å²) in [6.07, 6.45) is -0.619. The molecule has 1 atom stereocenters. The van der Waals surface area contributed by atoms with E-state index in [2.05, 4.69) is 10.1 Å². The second-order valence-electron chi connectivity index (χ2n) is 3.98. The number of anilines is 1. The summed E-state index contributed by atoms with van der Waals surface area (Å²) in [5.74, 6) is -0.873. The number of cyclic esters (lactones) is 1.